The van der Waals surface area contributed by atoms with Gasteiger partial charge in [0.25, 0.3) is 0 Å². The summed E-state index contributed by atoms with van der Waals surface area (Å²) in [6, 6.07) is 11.0. The summed E-state index contributed by atoms with van der Waals surface area (Å²) >= 11 is 3.72. The lowest BCUT2D eigenvalue weighted by Crippen LogP contribution is -2.19. The molecule has 0 radical (unpaired) electrons. The second-order valence-electron chi connectivity index (χ2n) is 3.95. The second kappa shape index (κ2) is 6.97. The third-order valence-corrected chi connectivity index (χ3v) is 4.37. The maximum Gasteiger partial charge on any atom is 0.157 e. The molecule has 1 N–H and O–H groups in total. The van der Waals surface area contributed by atoms with E-state index >= 15 is 0 Å². The van der Waals surface area contributed by atoms with Crippen LogP contribution in [0.1, 0.15) is 18.0 Å². The largest absolute Gasteiger partial charge is 0.357 e. The Bertz CT molecular complexity index is 365. The van der Waals surface area contributed by atoms with Crippen LogP contribution in [-0.4, -0.2) is 29.5 Å². The van der Waals surface area contributed by atoms with E-state index in [9.17, 15) is 0 Å². The van der Waals surface area contributed by atoms with E-state index in [1.54, 1.807) is 0 Å². The second-order valence-corrected chi connectivity index (χ2v) is 5.95. The first-order chi connectivity index (χ1) is 8.40. The zero-order chi connectivity index (χ0) is 11.9. The van der Waals surface area contributed by atoms with Crippen molar-refractivity contribution in [2.75, 3.05) is 24.3 Å². The fraction of sp³-hybridized carbons (Fsp3) is 0.462. The molecule has 1 unspecified atom stereocenters. The van der Waals surface area contributed by atoms with Gasteiger partial charge in [-0.1, -0.05) is 42.1 Å². The Morgan fingerprint density at radius 3 is 3.00 bits per heavy atom. The standard InChI is InChI=1S/C13H18N2S2/c1-16-9-5-8-14-13-15-12(10-17-13)11-6-3-2-4-7-11/h2-4,6-7,12H,5,8-10H2,1H3,(H,14,15). The number of amidine groups is 1. The highest BCUT2D eigenvalue weighted by molar-refractivity contribution is 8.14. The van der Waals surface area contributed by atoms with Crippen molar-refractivity contribution in [2.45, 2.75) is 12.5 Å². The number of benzene rings is 1. The van der Waals surface area contributed by atoms with Crippen LogP contribution >= 0.6 is 23.5 Å². The summed E-state index contributed by atoms with van der Waals surface area (Å²) < 4.78 is 0. The van der Waals surface area contributed by atoms with Gasteiger partial charge in [-0.05, 0) is 24.0 Å². The lowest BCUT2D eigenvalue weighted by molar-refractivity contribution is 0.747. The predicted octanol–water partition coefficient (Wildman–Crippen LogP) is 3.17. The fourth-order valence-electron chi connectivity index (χ4n) is 1.74. The highest BCUT2D eigenvalue weighted by atomic mass is 32.2. The first kappa shape index (κ1) is 12.8. The minimum Gasteiger partial charge on any atom is -0.357 e. The third kappa shape index (κ3) is 3.96. The number of hydrogen-bond donors (Lipinski definition) is 1. The smallest absolute Gasteiger partial charge is 0.157 e. The quantitative estimate of drug-likeness (QED) is 0.828. The van der Waals surface area contributed by atoms with Crippen LogP contribution in [-0.2, 0) is 0 Å². The van der Waals surface area contributed by atoms with Gasteiger partial charge in [0, 0.05) is 12.3 Å². The SMILES string of the molecule is CSCCCN=C1NC(c2ccccc2)CS1. The summed E-state index contributed by atoms with van der Waals surface area (Å²) in [4.78, 5) is 4.59. The molecular formula is C13H18N2S2. The van der Waals surface area contributed by atoms with Gasteiger partial charge < -0.3 is 5.32 Å². The molecule has 1 aromatic rings. The molecule has 0 amide bonds. The molecule has 4 heteroatoms. The molecule has 1 aliphatic rings. The van der Waals surface area contributed by atoms with Gasteiger partial charge in [-0.25, -0.2) is 0 Å². The predicted molar refractivity (Wildman–Crippen MR) is 80.1 cm³/mol. The van der Waals surface area contributed by atoms with E-state index in [4.69, 9.17) is 0 Å². The van der Waals surface area contributed by atoms with E-state index in [0.717, 1.165) is 17.5 Å². The molecule has 17 heavy (non-hydrogen) atoms. The maximum atomic E-state index is 4.59. The molecule has 1 saturated heterocycles. The van der Waals surface area contributed by atoms with E-state index in [0.29, 0.717) is 6.04 Å². The average molecular weight is 266 g/mol. The van der Waals surface area contributed by atoms with Crippen LogP contribution in [0.4, 0.5) is 0 Å². The molecule has 0 aromatic heterocycles. The van der Waals surface area contributed by atoms with Crippen LogP contribution in [0.2, 0.25) is 0 Å². The number of aliphatic imine (C=N–C) groups is 1. The van der Waals surface area contributed by atoms with Crippen molar-refractivity contribution >= 4 is 28.7 Å². The van der Waals surface area contributed by atoms with E-state index in [1.165, 1.54) is 17.7 Å². The van der Waals surface area contributed by atoms with E-state index in [2.05, 4.69) is 46.9 Å². The van der Waals surface area contributed by atoms with E-state index < -0.39 is 0 Å². The van der Waals surface area contributed by atoms with Crippen molar-refractivity contribution in [3.63, 3.8) is 0 Å². The summed E-state index contributed by atoms with van der Waals surface area (Å²) in [5.74, 6) is 2.29. The minimum absolute atomic E-state index is 0.431. The van der Waals surface area contributed by atoms with Crippen molar-refractivity contribution < 1.29 is 0 Å². The van der Waals surface area contributed by atoms with Crippen LogP contribution in [0.5, 0.6) is 0 Å². The molecule has 92 valence electrons. The summed E-state index contributed by atoms with van der Waals surface area (Å²) in [5, 5.41) is 4.60. The number of rotatable bonds is 5. The zero-order valence-corrected chi connectivity index (χ0v) is 11.7. The lowest BCUT2D eigenvalue weighted by Gasteiger charge is -2.09. The topological polar surface area (TPSA) is 24.4 Å². The van der Waals surface area contributed by atoms with Crippen molar-refractivity contribution in [1.29, 1.82) is 0 Å². The molecule has 1 heterocycles. The Labute approximate surface area is 112 Å². The number of nitrogens with zero attached hydrogens (tertiary/aromatic N) is 1. The van der Waals surface area contributed by atoms with Crippen molar-refractivity contribution in [3.8, 4) is 0 Å². The van der Waals surface area contributed by atoms with Gasteiger partial charge in [-0.3, -0.25) is 4.99 Å². The van der Waals surface area contributed by atoms with Crippen LogP contribution in [0.15, 0.2) is 35.3 Å². The first-order valence-electron chi connectivity index (χ1n) is 5.88. The van der Waals surface area contributed by atoms with Gasteiger partial charge in [0.1, 0.15) is 0 Å². The minimum atomic E-state index is 0.431. The number of thioether (sulfide) groups is 2. The molecule has 0 bridgehead atoms. The van der Waals surface area contributed by atoms with Crippen molar-refractivity contribution in [3.05, 3.63) is 35.9 Å². The van der Waals surface area contributed by atoms with Gasteiger partial charge in [0.05, 0.1) is 6.04 Å². The highest BCUT2D eigenvalue weighted by Gasteiger charge is 2.20. The van der Waals surface area contributed by atoms with Crippen LogP contribution in [0.25, 0.3) is 0 Å². The van der Waals surface area contributed by atoms with Crippen molar-refractivity contribution in [1.82, 2.24) is 5.32 Å². The molecule has 2 rings (SSSR count). The maximum absolute atomic E-state index is 4.59. The summed E-state index contributed by atoms with van der Waals surface area (Å²) in [6.07, 6.45) is 3.31. The van der Waals surface area contributed by atoms with Crippen LogP contribution in [0, 0.1) is 0 Å². The molecule has 0 spiro atoms. The van der Waals surface area contributed by atoms with Gasteiger partial charge in [0.15, 0.2) is 5.17 Å². The Hall–Kier alpha value is -0.610. The fourth-order valence-corrected chi connectivity index (χ4v) is 3.17. The van der Waals surface area contributed by atoms with E-state index in [1.807, 2.05) is 23.5 Å². The molecule has 1 fully saturated rings. The third-order valence-electron chi connectivity index (χ3n) is 2.65. The molecule has 1 aliphatic heterocycles. The molecular weight excluding hydrogens is 248 g/mol. The zero-order valence-electron chi connectivity index (χ0n) is 10.1. The van der Waals surface area contributed by atoms with Crippen LogP contribution in [0.3, 0.4) is 0 Å². The van der Waals surface area contributed by atoms with Gasteiger partial charge in [-0.15, -0.1) is 0 Å². The Morgan fingerprint density at radius 1 is 1.41 bits per heavy atom. The average Bonchev–Trinajstić information content (AvgIpc) is 2.85. The monoisotopic (exact) mass is 266 g/mol. The van der Waals surface area contributed by atoms with Gasteiger partial charge in [-0.2, -0.15) is 11.8 Å². The molecule has 1 aromatic carbocycles. The number of nitrogens with one attached hydrogen (secondary N) is 1. The molecule has 1 atom stereocenters. The molecule has 2 nitrogen and oxygen atoms in total. The normalized spacial score (nSPS) is 21.7. The first-order valence-corrected chi connectivity index (χ1v) is 8.26. The summed E-state index contributed by atoms with van der Waals surface area (Å²) in [6.45, 7) is 0.942. The summed E-state index contributed by atoms with van der Waals surface area (Å²) in [5.41, 5.74) is 1.36. The van der Waals surface area contributed by atoms with E-state index in [-0.39, 0.29) is 0 Å². The van der Waals surface area contributed by atoms with Crippen molar-refractivity contribution in [2.24, 2.45) is 4.99 Å². The van der Waals surface area contributed by atoms with Crippen LogP contribution < -0.4 is 5.32 Å². The Kier molecular flexibility index (Phi) is 5.26. The molecule has 0 saturated carbocycles. The number of hydrogen-bond acceptors (Lipinski definition) is 3. The summed E-state index contributed by atoms with van der Waals surface area (Å²) in [7, 11) is 0. The highest BCUT2D eigenvalue weighted by Crippen LogP contribution is 2.25. The molecule has 0 aliphatic carbocycles. The Morgan fingerprint density at radius 2 is 2.24 bits per heavy atom. The van der Waals surface area contributed by atoms with Gasteiger partial charge >= 0.3 is 0 Å². The Balaban J connectivity index is 1.83. The van der Waals surface area contributed by atoms with Gasteiger partial charge in [0.2, 0.25) is 0 Å². The lowest BCUT2D eigenvalue weighted by atomic mass is 10.1.